The second-order valence-electron chi connectivity index (χ2n) is 6.03. The van der Waals surface area contributed by atoms with Crippen molar-refractivity contribution in [1.29, 1.82) is 0 Å². The van der Waals surface area contributed by atoms with E-state index < -0.39 is 0 Å². The SMILES string of the molecule is CCN1CCCC(Cc2nc3n(n2)CCC(N)C3)C1. The van der Waals surface area contributed by atoms with Gasteiger partial charge in [-0.3, -0.25) is 0 Å². The number of aryl methyl sites for hydroxylation is 1. The lowest BCUT2D eigenvalue weighted by Gasteiger charge is -2.31. The molecule has 0 radical (unpaired) electrons. The van der Waals surface area contributed by atoms with Crippen LogP contribution >= 0.6 is 0 Å². The summed E-state index contributed by atoms with van der Waals surface area (Å²) in [6.45, 7) is 6.82. The van der Waals surface area contributed by atoms with Crippen molar-refractivity contribution in [2.75, 3.05) is 19.6 Å². The summed E-state index contributed by atoms with van der Waals surface area (Å²) in [4.78, 5) is 7.24. The van der Waals surface area contributed by atoms with Crippen LogP contribution in [0.1, 0.15) is 37.8 Å². The Morgan fingerprint density at radius 3 is 3.05 bits per heavy atom. The number of rotatable bonds is 3. The van der Waals surface area contributed by atoms with Crippen LogP contribution in [-0.4, -0.2) is 45.3 Å². The molecule has 0 bridgehead atoms. The molecule has 0 spiro atoms. The summed E-state index contributed by atoms with van der Waals surface area (Å²) in [5.74, 6) is 2.86. The zero-order chi connectivity index (χ0) is 13.2. The molecule has 5 heteroatoms. The fourth-order valence-corrected chi connectivity index (χ4v) is 3.33. The molecule has 3 heterocycles. The fraction of sp³-hybridized carbons (Fsp3) is 0.857. The maximum atomic E-state index is 5.99. The van der Waals surface area contributed by atoms with E-state index in [-0.39, 0.29) is 6.04 Å². The lowest BCUT2D eigenvalue weighted by atomic mass is 9.94. The summed E-state index contributed by atoms with van der Waals surface area (Å²) in [6, 6.07) is 0.273. The van der Waals surface area contributed by atoms with E-state index in [9.17, 15) is 0 Å². The standard InChI is InChI=1S/C14H25N5/c1-2-18-6-3-4-11(10-18)8-13-16-14-9-12(15)5-7-19(14)17-13/h11-12H,2-10,15H2,1H3. The predicted octanol–water partition coefficient (Wildman–Crippen LogP) is 0.826. The molecule has 19 heavy (non-hydrogen) atoms. The molecule has 0 amide bonds. The Morgan fingerprint density at radius 2 is 2.21 bits per heavy atom. The van der Waals surface area contributed by atoms with E-state index in [4.69, 9.17) is 10.7 Å². The normalized spacial score (nSPS) is 28.3. The number of hydrogen-bond acceptors (Lipinski definition) is 4. The lowest BCUT2D eigenvalue weighted by Crippen LogP contribution is -2.36. The molecule has 0 aromatic carbocycles. The zero-order valence-corrected chi connectivity index (χ0v) is 11.9. The second kappa shape index (κ2) is 5.59. The Balaban J connectivity index is 1.64. The van der Waals surface area contributed by atoms with E-state index in [0.717, 1.165) is 43.4 Å². The highest BCUT2D eigenvalue weighted by molar-refractivity contribution is 5.00. The molecule has 1 aromatic heterocycles. The Bertz CT molecular complexity index is 427. The lowest BCUT2D eigenvalue weighted by molar-refractivity contribution is 0.180. The van der Waals surface area contributed by atoms with Gasteiger partial charge in [0.2, 0.25) is 0 Å². The summed E-state index contributed by atoms with van der Waals surface area (Å²) in [5, 5.41) is 4.66. The third-order valence-corrected chi connectivity index (χ3v) is 4.47. The predicted molar refractivity (Wildman–Crippen MR) is 74.9 cm³/mol. The summed E-state index contributed by atoms with van der Waals surface area (Å²) < 4.78 is 2.07. The minimum absolute atomic E-state index is 0.273. The summed E-state index contributed by atoms with van der Waals surface area (Å²) in [7, 11) is 0. The Morgan fingerprint density at radius 1 is 1.32 bits per heavy atom. The molecule has 2 aliphatic rings. The fourth-order valence-electron chi connectivity index (χ4n) is 3.33. The van der Waals surface area contributed by atoms with E-state index in [1.54, 1.807) is 0 Å². The molecular weight excluding hydrogens is 238 g/mol. The van der Waals surface area contributed by atoms with Crippen molar-refractivity contribution >= 4 is 0 Å². The quantitative estimate of drug-likeness (QED) is 0.877. The highest BCUT2D eigenvalue weighted by atomic mass is 15.4. The van der Waals surface area contributed by atoms with Gasteiger partial charge in [0.1, 0.15) is 5.82 Å². The molecule has 0 aliphatic carbocycles. The third-order valence-electron chi connectivity index (χ3n) is 4.47. The van der Waals surface area contributed by atoms with Gasteiger partial charge in [0, 0.05) is 32.0 Å². The second-order valence-corrected chi connectivity index (χ2v) is 6.03. The molecule has 0 saturated carbocycles. The maximum absolute atomic E-state index is 5.99. The average Bonchev–Trinajstić information content (AvgIpc) is 2.80. The number of piperidine rings is 1. The Labute approximate surface area is 115 Å². The van der Waals surface area contributed by atoms with Gasteiger partial charge in [-0.1, -0.05) is 6.92 Å². The van der Waals surface area contributed by atoms with Gasteiger partial charge in [-0.2, -0.15) is 5.10 Å². The molecule has 2 N–H and O–H groups in total. The first kappa shape index (κ1) is 13.1. The highest BCUT2D eigenvalue weighted by Crippen LogP contribution is 2.20. The van der Waals surface area contributed by atoms with Crippen LogP contribution in [0.15, 0.2) is 0 Å². The van der Waals surface area contributed by atoms with Gasteiger partial charge in [0.25, 0.3) is 0 Å². The van der Waals surface area contributed by atoms with Crippen molar-refractivity contribution in [1.82, 2.24) is 19.7 Å². The van der Waals surface area contributed by atoms with Crippen molar-refractivity contribution in [3.05, 3.63) is 11.6 Å². The van der Waals surface area contributed by atoms with Gasteiger partial charge >= 0.3 is 0 Å². The zero-order valence-electron chi connectivity index (χ0n) is 11.9. The molecule has 2 unspecified atom stereocenters. The number of hydrogen-bond donors (Lipinski definition) is 1. The molecule has 1 saturated heterocycles. The van der Waals surface area contributed by atoms with E-state index in [1.807, 2.05) is 0 Å². The van der Waals surface area contributed by atoms with E-state index in [1.165, 1.54) is 32.5 Å². The van der Waals surface area contributed by atoms with Crippen LogP contribution in [0.3, 0.4) is 0 Å². The first-order valence-electron chi connectivity index (χ1n) is 7.65. The molecule has 106 valence electrons. The van der Waals surface area contributed by atoms with Gasteiger partial charge in [-0.25, -0.2) is 9.67 Å². The monoisotopic (exact) mass is 263 g/mol. The highest BCUT2D eigenvalue weighted by Gasteiger charge is 2.23. The van der Waals surface area contributed by atoms with Gasteiger partial charge in [0.15, 0.2) is 5.82 Å². The summed E-state index contributed by atoms with van der Waals surface area (Å²) in [6.07, 6.45) is 5.59. The van der Waals surface area contributed by atoms with Crippen molar-refractivity contribution in [3.63, 3.8) is 0 Å². The molecule has 2 aliphatic heterocycles. The molecule has 3 rings (SSSR count). The molecule has 5 nitrogen and oxygen atoms in total. The minimum atomic E-state index is 0.273. The average molecular weight is 263 g/mol. The topological polar surface area (TPSA) is 60.0 Å². The van der Waals surface area contributed by atoms with E-state index in [2.05, 4.69) is 21.6 Å². The Kier molecular flexibility index (Phi) is 3.84. The number of aromatic nitrogens is 3. The van der Waals surface area contributed by atoms with Gasteiger partial charge in [-0.15, -0.1) is 0 Å². The Hall–Kier alpha value is -0.940. The van der Waals surface area contributed by atoms with Gasteiger partial charge in [-0.05, 0) is 38.3 Å². The van der Waals surface area contributed by atoms with Crippen molar-refractivity contribution < 1.29 is 0 Å². The molecule has 1 aromatic rings. The van der Waals surface area contributed by atoms with Crippen molar-refractivity contribution in [2.24, 2.45) is 11.7 Å². The van der Waals surface area contributed by atoms with Gasteiger partial charge < -0.3 is 10.6 Å². The van der Waals surface area contributed by atoms with E-state index in [0.29, 0.717) is 0 Å². The number of nitrogens with two attached hydrogens (primary N) is 1. The molecular formula is C14H25N5. The smallest absolute Gasteiger partial charge is 0.151 e. The number of fused-ring (bicyclic) bond motifs is 1. The number of likely N-dealkylation sites (tertiary alicyclic amines) is 1. The molecule has 1 fully saturated rings. The van der Waals surface area contributed by atoms with Crippen molar-refractivity contribution in [3.8, 4) is 0 Å². The maximum Gasteiger partial charge on any atom is 0.151 e. The van der Waals surface area contributed by atoms with Crippen LogP contribution in [0.4, 0.5) is 0 Å². The summed E-state index contributed by atoms with van der Waals surface area (Å²) in [5.41, 5.74) is 5.99. The van der Waals surface area contributed by atoms with Crippen LogP contribution in [0, 0.1) is 5.92 Å². The van der Waals surface area contributed by atoms with Crippen LogP contribution in [0.5, 0.6) is 0 Å². The van der Waals surface area contributed by atoms with Crippen LogP contribution in [0.25, 0.3) is 0 Å². The largest absolute Gasteiger partial charge is 0.327 e. The first-order chi connectivity index (χ1) is 9.24. The molecule has 2 atom stereocenters. The van der Waals surface area contributed by atoms with Gasteiger partial charge in [0.05, 0.1) is 0 Å². The summed E-state index contributed by atoms with van der Waals surface area (Å²) >= 11 is 0. The third kappa shape index (κ3) is 2.98. The van der Waals surface area contributed by atoms with Crippen molar-refractivity contribution in [2.45, 2.75) is 51.6 Å². The first-order valence-corrected chi connectivity index (χ1v) is 7.65. The van der Waals surface area contributed by atoms with Crippen LogP contribution in [0.2, 0.25) is 0 Å². The minimum Gasteiger partial charge on any atom is -0.327 e. The van der Waals surface area contributed by atoms with Crippen LogP contribution in [-0.2, 0) is 19.4 Å². The van der Waals surface area contributed by atoms with Crippen LogP contribution < -0.4 is 5.73 Å². The number of nitrogens with zero attached hydrogens (tertiary/aromatic N) is 4. The van der Waals surface area contributed by atoms with E-state index >= 15 is 0 Å².